The Balaban J connectivity index is 2.42. The van der Waals surface area contributed by atoms with E-state index in [-0.39, 0.29) is 18.1 Å². The Morgan fingerprint density at radius 1 is 1.32 bits per heavy atom. The first-order chi connectivity index (χ1) is 10.5. The zero-order valence-electron chi connectivity index (χ0n) is 12.8. The van der Waals surface area contributed by atoms with Gasteiger partial charge in [0.15, 0.2) is 5.76 Å². The Bertz CT molecular complexity index is 498. The molecule has 1 aromatic rings. The number of carboxylic acids is 1. The van der Waals surface area contributed by atoms with Crippen molar-refractivity contribution in [2.75, 3.05) is 0 Å². The molecular formula is C15H22N2O5. The molecule has 7 nitrogen and oxygen atoms in total. The van der Waals surface area contributed by atoms with Crippen LogP contribution in [0.3, 0.4) is 0 Å². The van der Waals surface area contributed by atoms with Crippen LogP contribution < -0.4 is 10.9 Å². The molecule has 0 unspecified atom stereocenters. The molecule has 2 amide bonds. The molecule has 1 aromatic heterocycles. The van der Waals surface area contributed by atoms with Crippen LogP contribution >= 0.6 is 0 Å². The van der Waals surface area contributed by atoms with Gasteiger partial charge in [-0.25, -0.2) is 0 Å². The van der Waals surface area contributed by atoms with E-state index in [0.717, 1.165) is 12.8 Å². The third-order valence-corrected chi connectivity index (χ3v) is 3.44. The van der Waals surface area contributed by atoms with Gasteiger partial charge < -0.3 is 9.52 Å². The number of carboxylic acid groups (broad SMARTS) is 1. The fraction of sp³-hybridized carbons (Fsp3) is 0.533. The number of nitrogens with one attached hydrogen (secondary N) is 2. The molecule has 0 radical (unpaired) electrons. The fourth-order valence-corrected chi connectivity index (χ4v) is 2.16. The highest BCUT2D eigenvalue weighted by molar-refractivity contribution is 5.92. The first kappa shape index (κ1) is 17.7. The summed E-state index contributed by atoms with van der Waals surface area (Å²) in [5.74, 6) is -2.69. The summed E-state index contributed by atoms with van der Waals surface area (Å²) in [7, 11) is 0. The Kier molecular flexibility index (Phi) is 7.15. The van der Waals surface area contributed by atoms with Gasteiger partial charge in [-0.3, -0.25) is 25.2 Å². The smallest absolute Gasteiger partial charge is 0.306 e. The minimum Gasteiger partial charge on any atom is -0.481 e. The van der Waals surface area contributed by atoms with Crippen LogP contribution in [-0.4, -0.2) is 22.9 Å². The summed E-state index contributed by atoms with van der Waals surface area (Å²) in [5.41, 5.74) is 4.48. The molecule has 0 aliphatic carbocycles. The molecule has 0 aliphatic rings. The third kappa shape index (κ3) is 5.59. The molecule has 0 saturated heterocycles. The van der Waals surface area contributed by atoms with Crippen LogP contribution in [0.25, 0.3) is 0 Å². The molecule has 1 heterocycles. The topological polar surface area (TPSA) is 109 Å². The van der Waals surface area contributed by atoms with E-state index in [1.54, 1.807) is 13.0 Å². The first-order valence-corrected chi connectivity index (χ1v) is 7.31. The number of amides is 2. The van der Waals surface area contributed by atoms with Gasteiger partial charge in [-0.05, 0) is 24.5 Å². The van der Waals surface area contributed by atoms with Crippen molar-refractivity contribution in [2.24, 2.45) is 11.8 Å². The number of furan rings is 1. The van der Waals surface area contributed by atoms with E-state index in [0.29, 0.717) is 6.42 Å². The molecule has 1 rings (SSSR count). The van der Waals surface area contributed by atoms with Gasteiger partial charge in [-0.2, -0.15) is 0 Å². The van der Waals surface area contributed by atoms with E-state index in [1.807, 2.05) is 6.92 Å². The van der Waals surface area contributed by atoms with Crippen LogP contribution in [0, 0.1) is 11.8 Å². The van der Waals surface area contributed by atoms with Crippen LogP contribution in [0.1, 0.15) is 50.1 Å². The lowest BCUT2D eigenvalue weighted by molar-refractivity contribution is -0.144. The average molecular weight is 310 g/mol. The molecule has 2 atom stereocenters. The predicted molar refractivity (Wildman–Crippen MR) is 78.7 cm³/mol. The lowest BCUT2D eigenvalue weighted by atomic mass is 9.87. The maximum absolute atomic E-state index is 11.8. The maximum Gasteiger partial charge on any atom is 0.306 e. The summed E-state index contributed by atoms with van der Waals surface area (Å²) >= 11 is 0. The molecular weight excluding hydrogens is 288 g/mol. The Morgan fingerprint density at radius 3 is 2.59 bits per heavy atom. The van der Waals surface area contributed by atoms with E-state index in [9.17, 15) is 19.5 Å². The van der Waals surface area contributed by atoms with Gasteiger partial charge in [-0.15, -0.1) is 0 Å². The summed E-state index contributed by atoms with van der Waals surface area (Å²) < 4.78 is 4.88. The number of unbranched alkanes of at least 4 members (excludes halogenated alkanes) is 1. The standard InChI is InChI=1S/C15H22N2O5/c1-3-4-6-11(15(20)21)10(2)9-13(18)16-17-14(19)12-7-5-8-22-12/h5,7-8,10-11H,3-4,6,9H2,1-2H3,(H,16,18)(H,17,19)(H,20,21)/t10-,11-/m0/s1. The van der Waals surface area contributed by atoms with Gasteiger partial charge in [0.25, 0.3) is 0 Å². The molecule has 3 N–H and O–H groups in total. The zero-order chi connectivity index (χ0) is 16.5. The van der Waals surface area contributed by atoms with Crippen molar-refractivity contribution in [1.82, 2.24) is 10.9 Å². The van der Waals surface area contributed by atoms with Gasteiger partial charge in [-0.1, -0.05) is 26.7 Å². The molecule has 122 valence electrons. The SMILES string of the molecule is CCCC[C@H](C(=O)O)[C@@H](C)CC(=O)NNC(=O)c1ccco1. The summed E-state index contributed by atoms with van der Waals surface area (Å²) in [5, 5.41) is 9.21. The average Bonchev–Trinajstić information content (AvgIpc) is 2.99. The maximum atomic E-state index is 11.8. The fourth-order valence-electron chi connectivity index (χ4n) is 2.16. The molecule has 0 fully saturated rings. The zero-order valence-corrected chi connectivity index (χ0v) is 12.8. The van der Waals surface area contributed by atoms with Crippen LogP contribution in [0.15, 0.2) is 22.8 Å². The van der Waals surface area contributed by atoms with Crippen molar-refractivity contribution < 1.29 is 23.9 Å². The number of aliphatic carboxylic acids is 1. The van der Waals surface area contributed by atoms with Crippen molar-refractivity contribution >= 4 is 17.8 Å². The molecule has 7 heteroatoms. The Morgan fingerprint density at radius 2 is 2.05 bits per heavy atom. The Hall–Kier alpha value is -2.31. The molecule has 0 bridgehead atoms. The highest BCUT2D eigenvalue weighted by Crippen LogP contribution is 2.21. The number of hydrazine groups is 1. The van der Waals surface area contributed by atoms with E-state index >= 15 is 0 Å². The van der Waals surface area contributed by atoms with Crippen molar-refractivity contribution in [3.8, 4) is 0 Å². The number of hydrogen-bond acceptors (Lipinski definition) is 4. The summed E-state index contributed by atoms with van der Waals surface area (Å²) in [6.07, 6.45) is 3.63. The molecule has 0 aliphatic heterocycles. The first-order valence-electron chi connectivity index (χ1n) is 7.31. The van der Waals surface area contributed by atoms with Crippen LogP contribution in [-0.2, 0) is 9.59 Å². The van der Waals surface area contributed by atoms with Crippen LogP contribution in [0.5, 0.6) is 0 Å². The second-order valence-corrected chi connectivity index (χ2v) is 5.25. The third-order valence-electron chi connectivity index (χ3n) is 3.44. The number of hydrogen-bond donors (Lipinski definition) is 3. The van der Waals surface area contributed by atoms with Crippen molar-refractivity contribution in [3.63, 3.8) is 0 Å². The minimum absolute atomic E-state index is 0.0269. The van der Waals surface area contributed by atoms with Crippen molar-refractivity contribution in [3.05, 3.63) is 24.2 Å². The largest absolute Gasteiger partial charge is 0.481 e. The van der Waals surface area contributed by atoms with Gasteiger partial charge in [0.1, 0.15) is 0 Å². The minimum atomic E-state index is -0.895. The predicted octanol–water partition coefficient (Wildman–Crippen LogP) is 1.96. The Labute approximate surface area is 129 Å². The molecule has 22 heavy (non-hydrogen) atoms. The van der Waals surface area contributed by atoms with E-state index in [2.05, 4.69) is 10.9 Å². The summed E-state index contributed by atoms with van der Waals surface area (Å²) in [4.78, 5) is 34.6. The monoisotopic (exact) mass is 310 g/mol. The van der Waals surface area contributed by atoms with E-state index in [1.165, 1.54) is 12.3 Å². The summed E-state index contributed by atoms with van der Waals surface area (Å²) in [6.45, 7) is 3.71. The van der Waals surface area contributed by atoms with Crippen molar-refractivity contribution in [2.45, 2.75) is 39.5 Å². The van der Waals surface area contributed by atoms with Gasteiger partial charge in [0, 0.05) is 6.42 Å². The van der Waals surface area contributed by atoms with E-state index in [4.69, 9.17) is 4.42 Å². The highest BCUT2D eigenvalue weighted by Gasteiger charge is 2.26. The van der Waals surface area contributed by atoms with E-state index < -0.39 is 23.7 Å². The van der Waals surface area contributed by atoms with Gasteiger partial charge in [0.05, 0.1) is 12.2 Å². The van der Waals surface area contributed by atoms with Crippen LogP contribution in [0.2, 0.25) is 0 Å². The number of carbonyl (C=O) groups excluding carboxylic acids is 2. The van der Waals surface area contributed by atoms with Crippen molar-refractivity contribution in [1.29, 1.82) is 0 Å². The number of carbonyl (C=O) groups is 3. The normalized spacial score (nSPS) is 13.2. The quantitative estimate of drug-likeness (QED) is 0.636. The lowest BCUT2D eigenvalue weighted by Crippen LogP contribution is -2.42. The highest BCUT2D eigenvalue weighted by atomic mass is 16.4. The van der Waals surface area contributed by atoms with Gasteiger partial charge in [0.2, 0.25) is 5.91 Å². The summed E-state index contributed by atoms with van der Waals surface area (Å²) in [6, 6.07) is 3.03. The second kappa shape index (κ2) is 8.86. The lowest BCUT2D eigenvalue weighted by Gasteiger charge is -2.19. The second-order valence-electron chi connectivity index (χ2n) is 5.25. The molecule has 0 saturated carbocycles. The van der Waals surface area contributed by atoms with Gasteiger partial charge >= 0.3 is 11.9 Å². The molecule has 0 aromatic carbocycles. The van der Waals surface area contributed by atoms with Crippen LogP contribution in [0.4, 0.5) is 0 Å². The number of rotatable bonds is 8. The molecule has 0 spiro atoms.